The Morgan fingerprint density at radius 2 is 1.92 bits per heavy atom. The van der Waals surface area contributed by atoms with Crippen molar-refractivity contribution >= 4 is 17.7 Å². The van der Waals surface area contributed by atoms with E-state index >= 15 is 0 Å². The first-order chi connectivity index (χ1) is 12.4. The molecule has 0 radical (unpaired) electrons. The second-order valence-electron chi connectivity index (χ2n) is 7.19. The number of aliphatic hydroxyl groups is 1. The fraction of sp³-hybridized carbons (Fsp3) is 0.526. The van der Waals surface area contributed by atoms with Crippen LogP contribution < -0.4 is 5.32 Å². The summed E-state index contributed by atoms with van der Waals surface area (Å²) in [5, 5.41) is 12.3. The molecule has 0 aliphatic carbocycles. The summed E-state index contributed by atoms with van der Waals surface area (Å²) in [5.41, 5.74) is 0.419. The lowest BCUT2D eigenvalue weighted by molar-refractivity contribution is -0.137. The Labute approximate surface area is 153 Å². The molecule has 0 bridgehead atoms. The van der Waals surface area contributed by atoms with Crippen LogP contribution in [0.1, 0.15) is 31.9 Å². The number of fused-ring (bicyclic) bond motifs is 1. The number of benzene rings is 1. The van der Waals surface area contributed by atoms with Crippen molar-refractivity contribution in [1.29, 1.82) is 0 Å². The summed E-state index contributed by atoms with van der Waals surface area (Å²) in [7, 11) is 0. The second kappa shape index (κ2) is 7.07. The van der Waals surface area contributed by atoms with Gasteiger partial charge in [0.1, 0.15) is 6.61 Å². The van der Waals surface area contributed by atoms with Crippen molar-refractivity contribution in [2.75, 3.05) is 26.2 Å². The van der Waals surface area contributed by atoms with Crippen molar-refractivity contribution < 1.29 is 19.5 Å². The predicted octanol–water partition coefficient (Wildman–Crippen LogP) is 0.305. The van der Waals surface area contributed by atoms with E-state index < -0.39 is 12.1 Å². The zero-order chi connectivity index (χ0) is 18.9. The maximum atomic E-state index is 12.4. The highest BCUT2D eigenvalue weighted by molar-refractivity contribution is 5.79. The van der Waals surface area contributed by atoms with Gasteiger partial charge < -0.3 is 20.2 Å². The third-order valence-electron chi connectivity index (χ3n) is 5.58. The SMILES string of the molecule is CC(=O)N[C@@]12CCN(C(=O)CO)C[C@@H]1[C@@H](c1ccccc1)N(C(C)=O)C2. The van der Waals surface area contributed by atoms with Crippen molar-refractivity contribution in [1.82, 2.24) is 15.1 Å². The highest BCUT2D eigenvalue weighted by Crippen LogP contribution is 2.47. The van der Waals surface area contributed by atoms with E-state index in [9.17, 15) is 19.5 Å². The average Bonchev–Trinajstić information content (AvgIpc) is 2.95. The summed E-state index contributed by atoms with van der Waals surface area (Å²) in [5.74, 6) is -0.663. The Morgan fingerprint density at radius 3 is 2.50 bits per heavy atom. The van der Waals surface area contributed by atoms with Gasteiger partial charge in [0, 0.05) is 39.4 Å². The van der Waals surface area contributed by atoms with Gasteiger partial charge >= 0.3 is 0 Å². The monoisotopic (exact) mass is 359 g/mol. The minimum absolute atomic E-state index is 0.0574. The van der Waals surface area contributed by atoms with E-state index in [0.29, 0.717) is 26.1 Å². The fourth-order valence-electron chi connectivity index (χ4n) is 4.48. The molecule has 7 nitrogen and oxygen atoms in total. The fourth-order valence-corrected chi connectivity index (χ4v) is 4.48. The van der Waals surface area contributed by atoms with Crippen LogP contribution >= 0.6 is 0 Å². The number of rotatable bonds is 3. The number of aliphatic hydroxyl groups excluding tert-OH is 1. The molecule has 2 saturated heterocycles. The van der Waals surface area contributed by atoms with Gasteiger partial charge in [-0.1, -0.05) is 30.3 Å². The van der Waals surface area contributed by atoms with E-state index in [-0.39, 0.29) is 29.7 Å². The van der Waals surface area contributed by atoms with Crippen LogP contribution in [0.25, 0.3) is 0 Å². The Bertz CT molecular complexity index is 708. The summed E-state index contributed by atoms with van der Waals surface area (Å²) >= 11 is 0. The van der Waals surface area contributed by atoms with Crippen LogP contribution in [-0.2, 0) is 14.4 Å². The summed E-state index contributed by atoms with van der Waals surface area (Å²) in [6.45, 7) is 3.74. The maximum Gasteiger partial charge on any atom is 0.248 e. The molecule has 3 atom stereocenters. The Hall–Kier alpha value is -2.41. The maximum absolute atomic E-state index is 12.4. The highest BCUT2D eigenvalue weighted by Gasteiger charge is 2.56. The molecule has 1 aromatic carbocycles. The molecule has 0 spiro atoms. The highest BCUT2D eigenvalue weighted by atomic mass is 16.3. The number of likely N-dealkylation sites (tertiary alicyclic amines) is 2. The molecular weight excluding hydrogens is 334 g/mol. The molecule has 140 valence electrons. The van der Waals surface area contributed by atoms with Gasteiger partial charge in [-0.2, -0.15) is 0 Å². The normalized spacial score (nSPS) is 27.8. The topological polar surface area (TPSA) is 89.9 Å². The van der Waals surface area contributed by atoms with Crippen molar-refractivity contribution in [2.45, 2.75) is 31.8 Å². The molecule has 0 aromatic heterocycles. The average molecular weight is 359 g/mol. The number of carbonyl (C=O) groups is 3. The summed E-state index contributed by atoms with van der Waals surface area (Å²) in [4.78, 5) is 39.7. The van der Waals surface area contributed by atoms with Gasteiger partial charge in [0.25, 0.3) is 0 Å². The van der Waals surface area contributed by atoms with Crippen molar-refractivity contribution in [3.63, 3.8) is 0 Å². The van der Waals surface area contributed by atoms with Gasteiger partial charge in [-0.05, 0) is 12.0 Å². The van der Waals surface area contributed by atoms with Crippen LogP contribution in [0.5, 0.6) is 0 Å². The van der Waals surface area contributed by atoms with Gasteiger partial charge in [0.15, 0.2) is 0 Å². The molecule has 7 heteroatoms. The van der Waals surface area contributed by atoms with Crippen LogP contribution in [0.2, 0.25) is 0 Å². The number of amides is 3. The van der Waals surface area contributed by atoms with Gasteiger partial charge in [-0.3, -0.25) is 14.4 Å². The van der Waals surface area contributed by atoms with Crippen LogP contribution in [0.15, 0.2) is 30.3 Å². The second-order valence-corrected chi connectivity index (χ2v) is 7.19. The molecule has 2 aliphatic rings. The van der Waals surface area contributed by atoms with Gasteiger partial charge in [0.2, 0.25) is 17.7 Å². The van der Waals surface area contributed by atoms with E-state index in [4.69, 9.17) is 0 Å². The summed E-state index contributed by atoms with van der Waals surface area (Å²) in [6.07, 6.45) is 0.552. The predicted molar refractivity (Wildman–Crippen MR) is 94.9 cm³/mol. The Kier molecular flexibility index (Phi) is 5.00. The first kappa shape index (κ1) is 18.4. The minimum atomic E-state index is -0.565. The lowest BCUT2D eigenvalue weighted by atomic mass is 9.75. The van der Waals surface area contributed by atoms with Crippen molar-refractivity contribution in [3.05, 3.63) is 35.9 Å². The molecule has 2 heterocycles. The lowest BCUT2D eigenvalue weighted by Crippen LogP contribution is -2.62. The van der Waals surface area contributed by atoms with Crippen LogP contribution in [-0.4, -0.2) is 64.4 Å². The molecular formula is C19H25N3O4. The Morgan fingerprint density at radius 1 is 1.23 bits per heavy atom. The lowest BCUT2D eigenvalue weighted by Gasteiger charge is -2.44. The van der Waals surface area contributed by atoms with E-state index in [2.05, 4.69) is 5.32 Å². The number of piperidine rings is 1. The first-order valence-electron chi connectivity index (χ1n) is 8.87. The minimum Gasteiger partial charge on any atom is -0.387 e. The number of nitrogens with one attached hydrogen (secondary N) is 1. The third kappa shape index (κ3) is 3.19. The molecule has 3 rings (SSSR count). The van der Waals surface area contributed by atoms with E-state index in [1.807, 2.05) is 30.3 Å². The quantitative estimate of drug-likeness (QED) is 0.813. The molecule has 26 heavy (non-hydrogen) atoms. The number of hydrogen-bond acceptors (Lipinski definition) is 4. The number of nitrogens with zero attached hydrogens (tertiary/aromatic N) is 2. The molecule has 0 saturated carbocycles. The zero-order valence-corrected chi connectivity index (χ0v) is 15.1. The summed E-state index contributed by atoms with van der Waals surface area (Å²) in [6, 6.07) is 9.47. The van der Waals surface area contributed by atoms with Gasteiger partial charge in [-0.25, -0.2) is 0 Å². The molecule has 0 unspecified atom stereocenters. The van der Waals surface area contributed by atoms with Crippen LogP contribution in [0.4, 0.5) is 0 Å². The van der Waals surface area contributed by atoms with E-state index in [1.165, 1.54) is 13.8 Å². The molecule has 1 aromatic rings. The van der Waals surface area contributed by atoms with Crippen molar-refractivity contribution in [3.8, 4) is 0 Å². The largest absolute Gasteiger partial charge is 0.387 e. The number of carbonyl (C=O) groups excluding carboxylic acids is 3. The first-order valence-corrected chi connectivity index (χ1v) is 8.87. The molecule has 2 fully saturated rings. The van der Waals surface area contributed by atoms with E-state index in [0.717, 1.165) is 5.56 Å². The van der Waals surface area contributed by atoms with Crippen LogP contribution in [0, 0.1) is 5.92 Å². The zero-order valence-electron chi connectivity index (χ0n) is 15.1. The van der Waals surface area contributed by atoms with Gasteiger partial charge in [-0.15, -0.1) is 0 Å². The molecule has 3 amide bonds. The van der Waals surface area contributed by atoms with Crippen LogP contribution in [0.3, 0.4) is 0 Å². The molecule has 2 N–H and O–H groups in total. The van der Waals surface area contributed by atoms with E-state index in [1.54, 1.807) is 9.80 Å². The number of hydrogen-bond donors (Lipinski definition) is 2. The van der Waals surface area contributed by atoms with Crippen molar-refractivity contribution in [2.24, 2.45) is 5.92 Å². The smallest absolute Gasteiger partial charge is 0.248 e. The third-order valence-corrected chi connectivity index (χ3v) is 5.58. The molecule has 2 aliphatic heterocycles. The Balaban J connectivity index is 2.03. The van der Waals surface area contributed by atoms with Gasteiger partial charge in [0.05, 0.1) is 11.6 Å². The standard InChI is InChI=1S/C19H25N3O4/c1-13(24)20-19-8-9-21(17(26)11-23)10-16(19)18(22(12-19)14(2)25)15-6-4-3-5-7-15/h3-7,16,18,23H,8-12H2,1-2H3,(H,20,24)/t16-,18-,19-/m1/s1. The summed E-state index contributed by atoms with van der Waals surface area (Å²) < 4.78 is 0.